The molecule has 0 bridgehead atoms. The van der Waals surface area contributed by atoms with Gasteiger partial charge in [0.2, 0.25) is 0 Å². The van der Waals surface area contributed by atoms with E-state index < -0.39 is 17.3 Å². The number of pyridine rings is 1. The third kappa shape index (κ3) is 4.13. The van der Waals surface area contributed by atoms with Crippen LogP contribution in [0.2, 0.25) is 0 Å². The minimum Gasteiger partial charge on any atom is -0.353 e. The quantitative estimate of drug-likeness (QED) is 0.413. The molecule has 0 unspecified atom stereocenters. The molecule has 0 radical (unpaired) electrons. The molecule has 3 heterocycles. The molecule has 1 aromatic carbocycles. The maximum absolute atomic E-state index is 14.1. The molecule has 36 heavy (non-hydrogen) atoms. The summed E-state index contributed by atoms with van der Waals surface area (Å²) >= 11 is 0. The third-order valence-corrected chi connectivity index (χ3v) is 6.99. The van der Waals surface area contributed by atoms with Crippen LogP contribution < -0.4 is 10.9 Å². The Balaban J connectivity index is 1.65. The summed E-state index contributed by atoms with van der Waals surface area (Å²) in [5.41, 5.74) is -0.250. The van der Waals surface area contributed by atoms with Crippen LogP contribution in [0.5, 0.6) is 0 Å². The number of aryl methyl sites for hydroxylation is 1. The molecule has 1 aliphatic rings. The van der Waals surface area contributed by atoms with Gasteiger partial charge in [0.15, 0.2) is 0 Å². The van der Waals surface area contributed by atoms with Gasteiger partial charge < -0.3 is 14.9 Å². The van der Waals surface area contributed by atoms with Gasteiger partial charge in [0, 0.05) is 42.1 Å². The van der Waals surface area contributed by atoms with Crippen molar-refractivity contribution >= 4 is 10.9 Å². The number of aromatic nitrogens is 5. The number of hydrogen-bond donors (Lipinski definition) is 2. The zero-order chi connectivity index (χ0) is 25.9. The van der Waals surface area contributed by atoms with Gasteiger partial charge in [-0.05, 0) is 57.4 Å². The van der Waals surface area contributed by atoms with Crippen molar-refractivity contribution in [2.24, 2.45) is 7.05 Å². The van der Waals surface area contributed by atoms with Crippen LogP contribution >= 0.6 is 0 Å². The Hall–Kier alpha value is -3.40. The number of rotatable bonds is 5. The second-order valence-corrected chi connectivity index (χ2v) is 10.7. The highest BCUT2D eigenvalue weighted by Crippen LogP contribution is 2.48. The summed E-state index contributed by atoms with van der Waals surface area (Å²) in [4.78, 5) is 16.4. The minimum atomic E-state index is -4.63. The van der Waals surface area contributed by atoms with Crippen LogP contribution in [0.25, 0.3) is 16.6 Å². The number of fused-ring (bicyclic) bond motifs is 1. The van der Waals surface area contributed by atoms with Gasteiger partial charge >= 0.3 is 6.18 Å². The number of hydrogen-bond acceptors (Lipinski definition) is 4. The predicted octanol–water partition coefficient (Wildman–Crippen LogP) is 4.82. The van der Waals surface area contributed by atoms with E-state index in [1.54, 1.807) is 24.5 Å². The van der Waals surface area contributed by atoms with Crippen LogP contribution in [-0.2, 0) is 25.2 Å². The van der Waals surface area contributed by atoms with E-state index in [-0.39, 0.29) is 21.9 Å². The second-order valence-electron chi connectivity index (χ2n) is 10.7. The lowest BCUT2D eigenvalue weighted by Crippen LogP contribution is -2.38. The first-order chi connectivity index (χ1) is 16.9. The largest absolute Gasteiger partial charge is 0.418 e. The van der Waals surface area contributed by atoms with Gasteiger partial charge in [-0.25, -0.2) is 0 Å². The van der Waals surface area contributed by atoms with Crippen LogP contribution in [0.4, 0.5) is 13.2 Å². The smallest absolute Gasteiger partial charge is 0.353 e. The monoisotopic (exact) mass is 498 g/mol. The van der Waals surface area contributed by atoms with Gasteiger partial charge in [0.1, 0.15) is 17.7 Å². The molecular weight excluding hydrogens is 469 g/mol. The van der Waals surface area contributed by atoms with Gasteiger partial charge in [-0.15, -0.1) is 10.2 Å². The van der Waals surface area contributed by atoms with Crippen molar-refractivity contribution in [3.63, 3.8) is 0 Å². The lowest BCUT2D eigenvalue weighted by Gasteiger charge is -2.41. The Labute approximate surface area is 206 Å². The molecular formula is C26H29F3N6O. The van der Waals surface area contributed by atoms with Crippen molar-refractivity contribution in [2.75, 3.05) is 0 Å². The van der Waals surface area contributed by atoms with Crippen molar-refractivity contribution < 1.29 is 13.2 Å². The molecule has 1 fully saturated rings. The van der Waals surface area contributed by atoms with E-state index in [4.69, 9.17) is 0 Å². The average molecular weight is 499 g/mol. The maximum atomic E-state index is 14.1. The first kappa shape index (κ1) is 24.3. The van der Waals surface area contributed by atoms with E-state index in [2.05, 4.69) is 20.5 Å². The summed E-state index contributed by atoms with van der Waals surface area (Å²) in [5, 5.41) is 11.5. The van der Waals surface area contributed by atoms with Gasteiger partial charge in [-0.2, -0.15) is 13.2 Å². The van der Waals surface area contributed by atoms with E-state index in [1.165, 1.54) is 6.07 Å². The Bertz CT molecular complexity index is 1480. The van der Waals surface area contributed by atoms with Crippen LogP contribution in [-0.4, -0.2) is 29.9 Å². The van der Waals surface area contributed by atoms with Crippen LogP contribution in [0, 0.1) is 0 Å². The normalized spacial score (nSPS) is 15.9. The summed E-state index contributed by atoms with van der Waals surface area (Å²) in [6.45, 7) is 6.20. The zero-order valence-electron chi connectivity index (χ0n) is 20.7. The van der Waals surface area contributed by atoms with Crippen molar-refractivity contribution in [3.8, 4) is 5.69 Å². The standard InChI is InChI=1S/C26H29F3N6O/c1-24(2,3)30-13-17-12-19-20(26(27,28)29)14-35(22(36)21(19)32-17)18-8-5-7-16(11-18)25(9-6-10-25)23-33-31-15-34(23)4/h5,7-8,11-12,14-15,30,32H,6,9-10,13H2,1-4H3. The van der Waals surface area contributed by atoms with Crippen molar-refractivity contribution in [2.45, 2.75) is 63.7 Å². The van der Waals surface area contributed by atoms with Crippen molar-refractivity contribution in [1.29, 1.82) is 0 Å². The summed E-state index contributed by atoms with van der Waals surface area (Å²) in [7, 11) is 1.88. The van der Waals surface area contributed by atoms with Crippen molar-refractivity contribution in [3.05, 3.63) is 75.9 Å². The Morgan fingerprint density at radius 1 is 1.17 bits per heavy atom. The van der Waals surface area contributed by atoms with Crippen LogP contribution in [0.3, 0.4) is 0 Å². The molecule has 0 spiro atoms. The Morgan fingerprint density at radius 3 is 2.50 bits per heavy atom. The number of H-pyrrole nitrogens is 1. The molecule has 10 heteroatoms. The SMILES string of the molecule is Cn1cnnc1C1(c2cccc(-n3cc(C(F)(F)F)c4cc(CNC(C)(C)C)[nH]c4c3=O)c2)CCC1. The Morgan fingerprint density at radius 2 is 1.92 bits per heavy atom. The maximum Gasteiger partial charge on any atom is 0.418 e. The predicted molar refractivity (Wildman–Crippen MR) is 131 cm³/mol. The topological polar surface area (TPSA) is 80.5 Å². The van der Waals surface area contributed by atoms with E-state index in [0.29, 0.717) is 17.9 Å². The molecule has 1 aliphatic carbocycles. The molecule has 5 rings (SSSR count). The average Bonchev–Trinajstić information content (AvgIpc) is 3.38. The van der Waals surface area contributed by atoms with E-state index in [1.807, 2.05) is 38.5 Å². The number of aromatic amines is 1. The van der Waals surface area contributed by atoms with Gasteiger partial charge in [0.05, 0.1) is 11.0 Å². The van der Waals surface area contributed by atoms with Crippen molar-refractivity contribution in [1.82, 2.24) is 29.6 Å². The summed E-state index contributed by atoms with van der Waals surface area (Å²) in [6, 6.07) is 8.59. The zero-order valence-corrected chi connectivity index (χ0v) is 20.7. The Kier molecular flexibility index (Phi) is 5.62. The molecule has 0 atom stereocenters. The molecule has 2 N–H and O–H groups in total. The molecule has 0 saturated heterocycles. The minimum absolute atomic E-state index is 0.0624. The summed E-state index contributed by atoms with van der Waals surface area (Å²) < 4.78 is 45.4. The molecule has 7 nitrogen and oxygen atoms in total. The first-order valence-corrected chi connectivity index (χ1v) is 11.9. The molecule has 4 aromatic rings. The number of nitrogens with one attached hydrogen (secondary N) is 2. The van der Waals surface area contributed by atoms with E-state index in [0.717, 1.165) is 41.4 Å². The number of alkyl halides is 3. The van der Waals surface area contributed by atoms with Crippen LogP contribution in [0.1, 0.15) is 62.7 Å². The molecule has 3 aromatic heterocycles. The number of benzene rings is 1. The highest BCUT2D eigenvalue weighted by atomic mass is 19.4. The fourth-order valence-electron chi connectivity index (χ4n) is 4.98. The number of halogens is 3. The molecule has 190 valence electrons. The van der Waals surface area contributed by atoms with E-state index in [9.17, 15) is 18.0 Å². The highest BCUT2D eigenvalue weighted by Gasteiger charge is 2.44. The summed E-state index contributed by atoms with van der Waals surface area (Å²) in [6.07, 6.45) is 0.640. The van der Waals surface area contributed by atoms with Gasteiger partial charge in [-0.1, -0.05) is 18.6 Å². The van der Waals surface area contributed by atoms with E-state index >= 15 is 0 Å². The second kappa shape index (κ2) is 8.33. The van der Waals surface area contributed by atoms with Gasteiger partial charge in [0.25, 0.3) is 5.56 Å². The van der Waals surface area contributed by atoms with Gasteiger partial charge in [-0.3, -0.25) is 9.36 Å². The summed E-state index contributed by atoms with van der Waals surface area (Å²) in [5.74, 6) is 0.810. The third-order valence-electron chi connectivity index (χ3n) is 6.99. The lowest BCUT2D eigenvalue weighted by atomic mass is 9.63. The van der Waals surface area contributed by atoms with Crippen LogP contribution in [0.15, 0.2) is 47.7 Å². The first-order valence-electron chi connectivity index (χ1n) is 11.9. The fraction of sp³-hybridized carbons (Fsp3) is 0.423. The molecule has 1 saturated carbocycles. The fourth-order valence-corrected chi connectivity index (χ4v) is 4.98. The highest BCUT2D eigenvalue weighted by molar-refractivity contribution is 5.84. The lowest BCUT2D eigenvalue weighted by molar-refractivity contribution is -0.136. The molecule has 0 amide bonds. The molecule has 0 aliphatic heterocycles. The number of nitrogens with zero attached hydrogens (tertiary/aromatic N) is 4.